The van der Waals surface area contributed by atoms with Crippen LogP contribution in [0.3, 0.4) is 0 Å². The smallest absolute Gasteiger partial charge is 0.273 e. The van der Waals surface area contributed by atoms with Gasteiger partial charge in [-0.2, -0.15) is 0 Å². The van der Waals surface area contributed by atoms with Gasteiger partial charge in [-0.15, -0.1) is 0 Å². The molecule has 2 aromatic carbocycles. The van der Waals surface area contributed by atoms with Gasteiger partial charge in [-0.05, 0) is 75.3 Å². The van der Waals surface area contributed by atoms with E-state index in [1.165, 1.54) is 62.1 Å². The molecule has 3 aromatic rings. The Kier molecular flexibility index (Phi) is 8.22. The van der Waals surface area contributed by atoms with Gasteiger partial charge in [-0.1, -0.05) is 5.16 Å². The molecular formula is C29H35N5O6. The van der Waals surface area contributed by atoms with Gasteiger partial charge in [0.15, 0.2) is 11.5 Å². The molecular weight excluding hydrogens is 514 g/mol. The first kappa shape index (κ1) is 27.5. The average molecular weight is 550 g/mol. The number of phenols is 2. The van der Waals surface area contributed by atoms with Crippen LogP contribution in [0, 0.1) is 5.92 Å². The third-order valence-electron chi connectivity index (χ3n) is 7.95. The molecule has 40 heavy (non-hydrogen) atoms. The van der Waals surface area contributed by atoms with Crippen LogP contribution in [0.5, 0.6) is 23.0 Å². The lowest BCUT2D eigenvalue weighted by Gasteiger charge is -2.40. The van der Waals surface area contributed by atoms with Crippen LogP contribution in [0.2, 0.25) is 0 Å². The number of piperidine rings is 1. The molecule has 212 valence electrons. The molecule has 11 heteroatoms. The quantitative estimate of drug-likeness (QED) is 0.282. The Morgan fingerprint density at radius 2 is 1.73 bits per heavy atom. The predicted octanol–water partition coefficient (Wildman–Crippen LogP) is 3.36. The number of hydrogen-bond acceptors (Lipinski definition) is 9. The molecule has 5 rings (SSSR count). The van der Waals surface area contributed by atoms with Crippen molar-refractivity contribution in [1.29, 1.82) is 0 Å². The summed E-state index contributed by atoms with van der Waals surface area (Å²) in [5.74, 6) is -0.352. The van der Waals surface area contributed by atoms with Crippen LogP contribution < -0.4 is 21.5 Å². The van der Waals surface area contributed by atoms with Crippen molar-refractivity contribution in [3.63, 3.8) is 0 Å². The number of aromatic hydroxyl groups is 2. The van der Waals surface area contributed by atoms with Gasteiger partial charge in [0.25, 0.3) is 5.91 Å². The summed E-state index contributed by atoms with van der Waals surface area (Å²) in [6.45, 7) is 2.66. The number of benzene rings is 2. The Morgan fingerprint density at radius 3 is 2.38 bits per heavy atom. The maximum atomic E-state index is 13.0. The predicted molar refractivity (Wildman–Crippen MR) is 147 cm³/mol. The van der Waals surface area contributed by atoms with Gasteiger partial charge in [0, 0.05) is 48.9 Å². The molecule has 1 aromatic heterocycles. The van der Waals surface area contributed by atoms with Gasteiger partial charge < -0.3 is 41.2 Å². The Bertz CT molecular complexity index is 1340. The molecule has 2 heterocycles. The van der Waals surface area contributed by atoms with Crippen molar-refractivity contribution in [3.05, 3.63) is 53.7 Å². The summed E-state index contributed by atoms with van der Waals surface area (Å²) in [5.41, 5.74) is 11.6. The van der Waals surface area contributed by atoms with Crippen molar-refractivity contribution in [2.45, 2.75) is 50.6 Å². The number of ether oxygens (including phenoxy) is 1. The number of carbonyl (C=O) groups is 2. The molecule has 1 saturated carbocycles. The van der Waals surface area contributed by atoms with Crippen LogP contribution in [-0.2, 0) is 0 Å². The third kappa shape index (κ3) is 6.21. The van der Waals surface area contributed by atoms with E-state index in [-0.39, 0.29) is 46.2 Å². The molecule has 2 amide bonds. The number of amides is 2. The summed E-state index contributed by atoms with van der Waals surface area (Å²) in [5, 5.41) is 27.6. The maximum absolute atomic E-state index is 13.0. The van der Waals surface area contributed by atoms with Crippen LogP contribution in [0.25, 0.3) is 11.3 Å². The number of rotatable bonds is 8. The van der Waals surface area contributed by atoms with Gasteiger partial charge in [-0.25, -0.2) is 0 Å². The number of nitrogens with zero attached hydrogens (tertiary/aromatic N) is 2. The van der Waals surface area contributed by atoms with Crippen LogP contribution in [0.1, 0.15) is 59.4 Å². The molecule has 1 aliphatic heterocycles. The number of nitrogens with two attached hydrogens (primary N) is 2. The van der Waals surface area contributed by atoms with Crippen molar-refractivity contribution < 1.29 is 29.1 Å². The maximum Gasteiger partial charge on any atom is 0.273 e. The fourth-order valence-electron chi connectivity index (χ4n) is 5.64. The number of carbonyl (C=O) groups excluding carboxylic acids is 2. The minimum Gasteiger partial charge on any atom is -0.508 e. The summed E-state index contributed by atoms with van der Waals surface area (Å²) in [6, 6.07) is 10.5. The van der Waals surface area contributed by atoms with Crippen molar-refractivity contribution in [2.75, 3.05) is 19.6 Å². The first-order valence-corrected chi connectivity index (χ1v) is 13.7. The van der Waals surface area contributed by atoms with Crippen molar-refractivity contribution in [3.8, 4) is 34.3 Å². The molecule has 7 N–H and O–H groups in total. The summed E-state index contributed by atoms with van der Waals surface area (Å²) in [6.07, 6.45) is 6.48. The first-order valence-electron chi connectivity index (χ1n) is 13.7. The van der Waals surface area contributed by atoms with Crippen molar-refractivity contribution in [1.82, 2.24) is 15.4 Å². The summed E-state index contributed by atoms with van der Waals surface area (Å²) < 4.78 is 11.3. The zero-order chi connectivity index (χ0) is 28.2. The normalized spacial score (nSPS) is 20.2. The van der Waals surface area contributed by atoms with Crippen molar-refractivity contribution in [2.24, 2.45) is 17.4 Å². The topological polar surface area (TPSA) is 177 Å². The summed E-state index contributed by atoms with van der Waals surface area (Å²) in [4.78, 5) is 26.9. The van der Waals surface area contributed by atoms with Gasteiger partial charge >= 0.3 is 0 Å². The van der Waals surface area contributed by atoms with Crippen molar-refractivity contribution >= 4 is 11.8 Å². The fraction of sp³-hybridized carbons (Fsp3) is 0.414. The Labute approximate surface area is 232 Å². The van der Waals surface area contributed by atoms with E-state index in [0.717, 1.165) is 38.5 Å². The van der Waals surface area contributed by atoms with E-state index in [1.54, 1.807) is 0 Å². The van der Waals surface area contributed by atoms with E-state index in [0.29, 0.717) is 23.3 Å². The minimum atomic E-state index is -0.578. The van der Waals surface area contributed by atoms with E-state index in [2.05, 4.69) is 15.4 Å². The molecule has 0 bridgehead atoms. The molecule has 0 spiro atoms. The number of phenolic OH excluding ortho intramolecular Hbond substituents is 2. The minimum absolute atomic E-state index is 0.0358. The van der Waals surface area contributed by atoms with E-state index in [9.17, 15) is 19.8 Å². The Balaban J connectivity index is 1.23. The number of nitrogens with one attached hydrogen (secondary N) is 1. The highest BCUT2D eigenvalue weighted by atomic mass is 16.5. The molecule has 11 nitrogen and oxygen atoms in total. The van der Waals surface area contributed by atoms with E-state index >= 15 is 0 Å². The zero-order valence-corrected chi connectivity index (χ0v) is 22.2. The number of hydrogen-bond donors (Lipinski definition) is 5. The molecule has 2 aliphatic rings. The fourth-order valence-corrected chi connectivity index (χ4v) is 5.64. The molecule has 1 saturated heterocycles. The highest BCUT2D eigenvalue weighted by molar-refractivity contribution is 5.94. The standard InChI is InChI=1S/C29H35N5O6/c30-16-17-1-5-20(6-2-17)34-11-9-19(10-12-34)32-29(38)23-15-26(40-33-23)27-24(36)13-21(35)14-25(27)39-22-7-3-18(4-8-22)28(31)37/h3-4,7-8,13-15,17,19-20,35-36H,1-2,5-6,9-12,16,30H2,(H2,31,37)(H,32,38). The monoisotopic (exact) mass is 549 g/mol. The third-order valence-corrected chi connectivity index (χ3v) is 7.95. The average Bonchev–Trinajstić information content (AvgIpc) is 3.43. The lowest BCUT2D eigenvalue weighted by Crippen LogP contribution is -2.49. The lowest BCUT2D eigenvalue weighted by molar-refractivity contribution is 0.0834. The lowest BCUT2D eigenvalue weighted by atomic mass is 9.84. The second kappa shape index (κ2) is 12.0. The highest BCUT2D eigenvalue weighted by Gasteiger charge is 2.30. The summed E-state index contributed by atoms with van der Waals surface area (Å²) >= 11 is 0. The number of primary amides is 1. The molecule has 0 radical (unpaired) electrons. The van der Waals surface area contributed by atoms with E-state index in [4.69, 9.17) is 20.7 Å². The molecule has 0 unspecified atom stereocenters. The summed E-state index contributed by atoms with van der Waals surface area (Å²) in [7, 11) is 0. The van der Waals surface area contributed by atoms with Gasteiger partial charge in [0.05, 0.1) is 0 Å². The van der Waals surface area contributed by atoms with Crippen LogP contribution in [-0.4, -0.2) is 63.8 Å². The SMILES string of the molecule is NCC1CCC(N2CCC(NC(=O)c3cc(-c4c(O)cc(O)cc4Oc4ccc(C(N)=O)cc4)on3)CC2)CC1. The zero-order valence-electron chi connectivity index (χ0n) is 22.2. The van der Waals surface area contributed by atoms with Gasteiger partial charge in [-0.3, -0.25) is 9.59 Å². The van der Waals surface area contributed by atoms with Gasteiger partial charge in [0.1, 0.15) is 28.6 Å². The number of aromatic nitrogens is 1. The Morgan fingerprint density at radius 1 is 1.02 bits per heavy atom. The van der Waals surface area contributed by atoms with Gasteiger partial charge in [0.2, 0.25) is 5.91 Å². The van der Waals surface area contributed by atoms with E-state index < -0.39 is 5.91 Å². The molecule has 2 fully saturated rings. The number of likely N-dealkylation sites (tertiary alicyclic amines) is 1. The van der Waals surface area contributed by atoms with Crippen LogP contribution in [0.15, 0.2) is 47.0 Å². The molecule has 0 atom stereocenters. The second-order valence-electron chi connectivity index (χ2n) is 10.6. The highest BCUT2D eigenvalue weighted by Crippen LogP contribution is 2.43. The van der Waals surface area contributed by atoms with E-state index in [1.807, 2.05) is 0 Å². The molecule has 1 aliphatic carbocycles. The second-order valence-corrected chi connectivity index (χ2v) is 10.6. The first-order chi connectivity index (χ1) is 19.3. The Hall–Kier alpha value is -4.09. The largest absolute Gasteiger partial charge is 0.508 e. The van der Waals surface area contributed by atoms with Crippen LogP contribution >= 0.6 is 0 Å². The van der Waals surface area contributed by atoms with Crippen LogP contribution in [0.4, 0.5) is 0 Å².